The number of allylic oxidation sites excluding steroid dienone is 4. The molecule has 138 valence electrons. The Bertz CT molecular complexity index is 497. The summed E-state index contributed by atoms with van der Waals surface area (Å²) in [6.07, 6.45) is 14.5. The van der Waals surface area contributed by atoms with E-state index in [2.05, 4.69) is 67.5 Å². The van der Waals surface area contributed by atoms with E-state index in [0.717, 1.165) is 11.8 Å². The highest BCUT2D eigenvalue weighted by molar-refractivity contribution is 5.25. The van der Waals surface area contributed by atoms with Gasteiger partial charge in [0.2, 0.25) is 0 Å². The molecule has 0 aromatic rings. The van der Waals surface area contributed by atoms with Gasteiger partial charge in [0.1, 0.15) is 0 Å². The van der Waals surface area contributed by atoms with Crippen LogP contribution in [0.4, 0.5) is 0 Å². The van der Waals surface area contributed by atoms with Crippen molar-refractivity contribution in [1.82, 2.24) is 0 Å². The zero-order valence-electron chi connectivity index (χ0n) is 17.8. The Hall–Kier alpha value is -0.520. The standard InChI is InChI=1S/C24H42/c1-18(13-16-22(3,4)5)14-17-24(8)19(2)11-12-20-21(24)10-9-15-23(20,6)7/h12-13,19,21H,9-11,14-17H2,1-8H3/b18-13+/t19-,21+,24+/m0/s1. The van der Waals surface area contributed by atoms with Crippen LogP contribution in [0.2, 0.25) is 0 Å². The molecule has 0 aromatic heterocycles. The molecule has 0 aromatic carbocycles. The van der Waals surface area contributed by atoms with Crippen molar-refractivity contribution < 1.29 is 0 Å². The number of hydrogen-bond acceptors (Lipinski definition) is 0. The van der Waals surface area contributed by atoms with Crippen molar-refractivity contribution in [2.24, 2.45) is 28.1 Å². The normalized spacial score (nSPS) is 33.8. The summed E-state index contributed by atoms with van der Waals surface area (Å²) in [7, 11) is 0. The maximum absolute atomic E-state index is 2.62. The maximum atomic E-state index is 2.62. The summed E-state index contributed by atoms with van der Waals surface area (Å²) < 4.78 is 0. The summed E-state index contributed by atoms with van der Waals surface area (Å²) in [6, 6.07) is 0. The molecule has 1 fully saturated rings. The fraction of sp³-hybridized carbons (Fsp3) is 0.833. The van der Waals surface area contributed by atoms with Crippen LogP contribution < -0.4 is 0 Å². The highest BCUT2D eigenvalue weighted by Gasteiger charge is 2.47. The number of fused-ring (bicyclic) bond motifs is 1. The van der Waals surface area contributed by atoms with Crippen LogP contribution in [0.3, 0.4) is 0 Å². The maximum Gasteiger partial charge on any atom is -0.0141 e. The second kappa shape index (κ2) is 7.00. The summed E-state index contributed by atoms with van der Waals surface area (Å²) in [4.78, 5) is 0. The second-order valence-corrected chi connectivity index (χ2v) is 10.9. The summed E-state index contributed by atoms with van der Waals surface area (Å²) in [5, 5.41) is 0. The molecule has 24 heavy (non-hydrogen) atoms. The van der Waals surface area contributed by atoms with E-state index in [1.807, 2.05) is 0 Å². The van der Waals surface area contributed by atoms with Gasteiger partial charge in [-0.2, -0.15) is 0 Å². The first kappa shape index (κ1) is 19.8. The second-order valence-electron chi connectivity index (χ2n) is 10.9. The van der Waals surface area contributed by atoms with E-state index in [1.165, 1.54) is 44.9 Å². The molecule has 0 heteroatoms. The lowest BCUT2D eigenvalue weighted by atomic mass is 9.52. The number of rotatable bonds is 4. The predicted octanol–water partition coefficient (Wildman–Crippen LogP) is 7.95. The van der Waals surface area contributed by atoms with Gasteiger partial charge < -0.3 is 0 Å². The molecule has 2 aliphatic rings. The van der Waals surface area contributed by atoms with Gasteiger partial charge in [0.05, 0.1) is 0 Å². The molecule has 0 aliphatic heterocycles. The number of hydrogen-bond donors (Lipinski definition) is 0. The molecular formula is C24H42. The molecule has 0 nitrogen and oxygen atoms in total. The summed E-state index contributed by atoms with van der Waals surface area (Å²) in [6.45, 7) is 19.4. The minimum Gasteiger partial charge on any atom is -0.0851 e. The van der Waals surface area contributed by atoms with Crippen LogP contribution in [0.15, 0.2) is 23.3 Å². The van der Waals surface area contributed by atoms with Gasteiger partial charge in [0.15, 0.2) is 0 Å². The molecule has 2 rings (SSSR count). The van der Waals surface area contributed by atoms with Crippen LogP contribution in [0, 0.1) is 28.1 Å². The predicted molar refractivity (Wildman–Crippen MR) is 108 cm³/mol. The van der Waals surface area contributed by atoms with Crippen LogP contribution in [-0.2, 0) is 0 Å². The van der Waals surface area contributed by atoms with E-state index in [9.17, 15) is 0 Å². The molecule has 0 N–H and O–H groups in total. The van der Waals surface area contributed by atoms with Crippen LogP contribution in [0.25, 0.3) is 0 Å². The lowest BCUT2D eigenvalue weighted by Crippen LogP contribution is -2.43. The van der Waals surface area contributed by atoms with Gasteiger partial charge in [-0.1, -0.05) is 78.2 Å². The first-order valence-electron chi connectivity index (χ1n) is 10.3. The van der Waals surface area contributed by atoms with Crippen LogP contribution in [-0.4, -0.2) is 0 Å². The molecule has 0 amide bonds. The Morgan fingerprint density at radius 2 is 1.92 bits per heavy atom. The van der Waals surface area contributed by atoms with E-state index < -0.39 is 0 Å². The van der Waals surface area contributed by atoms with Gasteiger partial charge >= 0.3 is 0 Å². The third-order valence-corrected chi connectivity index (χ3v) is 7.19. The highest BCUT2D eigenvalue weighted by atomic mass is 14.5. The SMILES string of the molecule is C/C(=C\CC(C)(C)C)CC[C@@]1(C)[C@@H]2CCCC(C)(C)C2=CC[C@@H]1C. The Kier molecular flexibility index (Phi) is 5.78. The van der Waals surface area contributed by atoms with Crippen molar-refractivity contribution in [1.29, 1.82) is 0 Å². The third kappa shape index (κ3) is 4.36. The first-order valence-corrected chi connectivity index (χ1v) is 10.3. The van der Waals surface area contributed by atoms with Crippen molar-refractivity contribution in [2.75, 3.05) is 0 Å². The van der Waals surface area contributed by atoms with Crippen molar-refractivity contribution in [2.45, 2.75) is 100 Å². The van der Waals surface area contributed by atoms with Gasteiger partial charge in [-0.3, -0.25) is 0 Å². The first-order chi connectivity index (χ1) is 11.0. The Morgan fingerprint density at radius 3 is 2.54 bits per heavy atom. The minimum absolute atomic E-state index is 0.409. The van der Waals surface area contributed by atoms with Gasteiger partial charge in [-0.25, -0.2) is 0 Å². The highest BCUT2D eigenvalue weighted by Crippen LogP contribution is 2.58. The van der Waals surface area contributed by atoms with Gasteiger partial charge in [0, 0.05) is 0 Å². The van der Waals surface area contributed by atoms with E-state index in [1.54, 1.807) is 11.1 Å². The molecule has 0 saturated heterocycles. The minimum atomic E-state index is 0.409. The van der Waals surface area contributed by atoms with Gasteiger partial charge in [-0.05, 0) is 73.5 Å². The molecule has 0 heterocycles. The van der Waals surface area contributed by atoms with Crippen molar-refractivity contribution in [3.8, 4) is 0 Å². The molecule has 1 saturated carbocycles. The van der Waals surface area contributed by atoms with E-state index in [0.29, 0.717) is 16.2 Å². The van der Waals surface area contributed by atoms with Crippen molar-refractivity contribution in [3.63, 3.8) is 0 Å². The molecule has 0 bridgehead atoms. The zero-order valence-corrected chi connectivity index (χ0v) is 17.8. The van der Waals surface area contributed by atoms with Gasteiger partial charge in [-0.15, -0.1) is 0 Å². The monoisotopic (exact) mass is 330 g/mol. The van der Waals surface area contributed by atoms with Crippen LogP contribution in [0.1, 0.15) is 100 Å². The molecule has 0 spiro atoms. The molecule has 0 radical (unpaired) electrons. The summed E-state index contributed by atoms with van der Waals surface area (Å²) >= 11 is 0. The zero-order chi connectivity index (χ0) is 18.2. The quantitative estimate of drug-likeness (QED) is 0.459. The topological polar surface area (TPSA) is 0 Å². The Morgan fingerprint density at radius 1 is 1.25 bits per heavy atom. The Balaban J connectivity index is 2.11. The fourth-order valence-electron chi connectivity index (χ4n) is 5.01. The van der Waals surface area contributed by atoms with Crippen LogP contribution >= 0.6 is 0 Å². The molecule has 0 unspecified atom stereocenters. The Labute approximate surface area is 152 Å². The van der Waals surface area contributed by atoms with Crippen LogP contribution in [0.5, 0.6) is 0 Å². The third-order valence-electron chi connectivity index (χ3n) is 7.19. The summed E-state index contributed by atoms with van der Waals surface area (Å²) in [5.74, 6) is 1.64. The van der Waals surface area contributed by atoms with Crippen molar-refractivity contribution in [3.05, 3.63) is 23.3 Å². The van der Waals surface area contributed by atoms with E-state index in [4.69, 9.17) is 0 Å². The van der Waals surface area contributed by atoms with E-state index >= 15 is 0 Å². The molecular weight excluding hydrogens is 288 g/mol. The molecule has 2 aliphatic carbocycles. The average Bonchev–Trinajstić information content (AvgIpc) is 2.46. The lowest BCUT2D eigenvalue weighted by molar-refractivity contribution is 0.0583. The smallest absolute Gasteiger partial charge is 0.0141 e. The average molecular weight is 331 g/mol. The van der Waals surface area contributed by atoms with Crippen molar-refractivity contribution >= 4 is 0 Å². The van der Waals surface area contributed by atoms with E-state index in [-0.39, 0.29) is 0 Å². The molecule has 3 atom stereocenters. The lowest BCUT2D eigenvalue weighted by Gasteiger charge is -2.53. The van der Waals surface area contributed by atoms with Gasteiger partial charge in [0.25, 0.3) is 0 Å². The largest absolute Gasteiger partial charge is 0.0851 e. The fourth-order valence-corrected chi connectivity index (χ4v) is 5.01. The summed E-state index contributed by atoms with van der Waals surface area (Å²) in [5.41, 5.74) is 4.72.